The summed E-state index contributed by atoms with van der Waals surface area (Å²) in [5.41, 5.74) is 0.231. The summed E-state index contributed by atoms with van der Waals surface area (Å²) in [6.07, 6.45) is 1.32. The van der Waals surface area contributed by atoms with Crippen LogP contribution in [0.5, 0.6) is 0 Å². The quantitative estimate of drug-likeness (QED) is 0.367. The van der Waals surface area contributed by atoms with Crippen LogP contribution in [-0.2, 0) is 4.79 Å². The van der Waals surface area contributed by atoms with E-state index in [-0.39, 0.29) is 16.9 Å². The van der Waals surface area contributed by atoms with Crippen LogP contribution in [0.4, 0.5) is 10.5 Å². The molecule has 0 saturated carbocycles. The molecule has 0 radical (unpaired) electrons. The van der Waals surface area contributed by atoms with Gasteiger partial charge in [-0.1, -0.05) is 12.1 Å². The third kappa shape index (κ3) is 1.93. The van der Waals surface area contributed by atoms with Gasteiger partial charge in [-0.3, -0.25) is 25.1 Å². The Hall–Kier alpha value is -2.70. The molecule has 1 aliphatic rings. The Morgan fingerprint density at radius 2 is 2.00 bits per heavy atom. The first-order chi connectivity index (χ1) is 8.50. The Morgan fingerprint density at radius 3 is 2.56 bits per heavy atom. The minimum atomic E-state index is -0.569. The lowest BCUT2D eigenvalue weighted by atomic mass is 10.1. The predicted molar refractivity (Wildman–Crippen MR) is 62.4 cm³/mol. The minimum Gasteiger partial charge on any atom is -0.292 e. The van der Waals surface area contributed by atoms with Crippen LogP contribution in [0, 0.1) is 10.1 Å². The average molecular weight is 247 g/mol. The molecule has 0 aromatic heterocycles. The van der Waals surface area contributed by atoms with E-state index in [1.165, 1.54) is 31.3 Å². The lowest BCUT2D eigenvalue weighted by Gasteiger charge is -2.06. The standard InChI is InChI=1S/C11H9N3O4/c1-13-9(10(15)12-11(13)16)6-7-4-2-3-5-8(7)14(17)18/h2-6H,1H3,(H,12,15,16). The van der Waals surface area contributed by atoms with Crippen LogP contribution >= 0.6 is 0 Å². The van der Waals surface area contributed by atoms with Crippen molar-refractivity contribution in [1.82, 2.24) is 10.2 Å². The number of rotatable bonds is 2. The fourth-order valence-corrected chi connectivity index (χ4v) is 1.59. The minimum absolute atomic E-state index is 0.0781. The number of hydrogen-bond acceptors (Lipinski definition) is 4. The summed E-state index contributed by atoms with van der Waals surface area (Å²) in [5, 5.41) is 12.9. The van der Waals surface area contributed by atoms with Gasteiger partial charge in [0, 0.05) is 13.1 Å². The molecule has 3 amide bonds. The Kier molecular flexibility index (Phi) is 2.80. The molecule has 92 valence electrons. The number of likely N-dealkylation sites (N-methyl/N-ethyl adjacent to an activating group) is 1. The molecular formula is C11H9N3O4. The summed E-state index contributed by atoms with van der Waals surface area (Å²) in [4.78, 5) is 34.1. The van der Waals surface area contributed by atoms with Gasteiger partial charge in [0.25, 0.3) is 11.6 Å². The van der Waals surface area contributed by atoms with Gasteiger partial charge in [-0.2, -0.15) is 0 Å². The number of nitrogens with one attached hydrogen (secondary N) is 1. The highest BCUT2D eigenvalue weighted by molar-refractivity contribution is 6.13. The van der Waals surface area contributed by atoms with E-state index in [1.807, 2.05) is 0 Å². The van der Waals surface area contributed by atoms with Gasteiger partial charge in [0.05, 0.1) is 10.5 Å². The van der Waals surface area contributed by atoms with Gasteiger partial charge in [0.1, 0.15) is 5.70 Å². The van der Waals surface area contributed by atoms with Crippen LogP contribution in [0.25, 0.3) is 6.08 Å². The van der Waals surface area contributed by atoms with E-state index in [0.717, 1.165) is 4.90 Å². The smallest absolute Gasteiger partial charge is 0.292 e. The molecule has 1 saturated heterocycles. The van der Waals surface area contributed by atoms with Crippen LogP contribution in [0.15, 0.2) is 30.0 Å². The van der Waals surface area contributed by atoms with E-state index in [2.05, 4.69) is 5.32 Å². The third-order valence-corrected chi connectivity index (χ3v) is 2.54. The Balaban J connectivity index is 2.48. The number of benzene rings is 1. The second kappa shape index (κ2) is 4.28. The molecule has 7 nitrogen and oxygen atoms in total. The third-order valence-electron chi connectivity index (χ3n) is 2.54. The summed E-state index contributed by atoms with van der Waals surface area (Å²) in [6, 6.07) is 5.44. The topological polar surface area (TPSA) is 92.6 Å². The molecular weight excluding hydrogens is 238 g/mol. The van der Waals surface area contributed by atoms with Crippen molar-refractivity contribution in [3.05, 3.63) is 45.6 Å². The van der Waals surface area contributed by atoms with Gasteiger partial charge in [0.2, 0.25) is 0 Å². The fourth-order valence-electron chi connectivity index (χ4n) is 1.59. The Morgan fingerprint density at radius 1 is 1.33 bits per heavy atom. The highest BCUT2D eigenvalue weighted by Crippen LogP contribution is 2.22. The molecule has 1 aromatic rings. The first-order valence-electron chi connectivity index (χ1n) is 5.05. The first-order valence-corrected chi connectivity index (χ1v) is 5.05. The molecule has 1 aliphatic heterocycles. The number of nitro groups is 1. The predicted octanol–water partition coefficient (Wildman–Crippen LogP) is 1.12. The molecule has 1 heterocycles. The van der Waals surface area contributed by atoms with Gasteiger partial charge in [-0.05, 0) is 12.1 Å². The van der Waals surface area contributed by atoms with Crippen LogP contribution < -0.4 is 5.32 Å². The summed E-state index contributed by atoms with van der Waals surface area (Å²) in [6.45, 7) is 0. The lowest BCUT2D eigenvalue weighted by Crippen LogP contribution is -2.24. The van der Waals surface area contributed by atoms with E-state index >= 15 is 0 Å². The zero-order valence-electron chi connectivity index (χ0n) is 9.41. The van der Waals surface area contributed by atoms with Gasteiger partial charge in [-0.15, -0.1) is 0 Å². The van der Waals surface area contributed by atoms with Gasteiger partial charge < -0.3 is 0 Å². The number of carbonyl (C=O) groups excluding carboxylic acids is 2. The van der Waals surface area contributed by atoms with Gasteiger partial charge >= 0.3 is 6.03 Å². The molecule has 1 fully saturated rings. The number of amides is 3. The van der Waals surface area contributed by atoms with Crippen molar-refractivity contribution in [3.63, 3.8) is 0 Å². The normalized spacial score (nSPS) is 17.2. The SMILES string of the molecule is CN1C(=O)NC(=O)C1=Cc1ccccc1[N+](=O)[O-]. The van der Waals surface area contributed by atoms with Crippen molar-refractivity contribution in [3.8, 4) is 0 Å². The number of para-hydroxylation sites is 1. The van der Waals surface area contributed by atoms with Crippen LogP contribution in [-0.4, -0.2) is 28.8 Å². The van der Waals surface area contributed by atoms with Crippen molar-refractivity contribution in [1.29, 1.82) is 0 Å². The molecule has 0 bridgehead atoms. The van der Waals surface area contributed by atoms with E-state index in [1.54, 1.807) is 6.07 Å². The highest BCUT2D eigenvalue weighted by Gasteiger charge is 2.30. The highest BCUT2D eigenvalue weighted by atomic mass is 16.6. The number of carbonyl (C=O) groups is 2. The van der Waals surface area contributed by atoms with Crippen molar-refractivity contribution < 1.29 is 14.5 Å². The van der Waals surface area contributed by atoms with Crippen LogP contribution in [0.3, 0.4) is 0 Å². The molecule has 0 atom stereocenters. The van der Waals surface area contributed by atoms with E-state index in [4.69, 9.17) is 0 Å². The molecule has 7 heteroatoms. The number of hydrogen-bond donors (Lipinski definition) is 1. The van der Waals surface area contributed by atoms with E-state index in [9.17, 15) is 19.7 Å². The number of nitrogens with zero attached hydrogens (tertiary/aromatic N) is 2. The van der Waals surface area contributed by atoms with Gasteiger partial charge in [0.15, 0.2) is 0 Å². The van der Waals surface area contributed by atoms with E-state index in [0.29, 0.717) is 0 Å². The molecule has 1 N–H and O–H groups in total. The maximum Gasteiger partial charge on any atom is 0.328 e. The second-order valence-electron chi connectivity index (χ2n) is 3.66. The Bertz CT molecular complexity index is 579. The zero-order valence-corrected chi connectivity index (χ0v) is 9.41. The summed E-state index contributed by atoms with van der Waals surface area (Å²) in [7, 11) is 1.42. The summed E-state index contributed by atoms with van der Waals surface area (Å²) < 4.78 is 0. The maximum atomic E-state index is 11.5. The average Bonchev–Trinajstić information content (AvgIpc) is 2.56. The summed E-state index contributed by atoms with van der Waals surface area (Å²) >= 11 is 0. The van der Waals surface area contributed by atoms with Crippen molar-refractivity contribution >= 4 is 23.7 Å². The van der Waals surface area contributed by atoms with Gasteiger partial charge in [-0.25, -0.2) is 4.79 Å². The molecule has 0 unspecified atom stereocenters. The van der Waals surface area contributed by atoms with Crippen molar-refractivity contribution in [2.45, 2.75) is 0 Å². The lowest BCUT2D eigenvalue weighted by molar-refractivity contribution is -0.385. The monoisotopic (exact) mass is 247 g/mol. The van der Waals surface area contributed by atoms with E-state index < -0.39 is 16.9 Å². The van der Waals surface area contributed by atoms with Crippen molar-refractivity contribution in [2.24, 2.45) is 0 Å². The molecule has 18 heavy (non-hydrogen) atoms. The zero-order chi connectivity index (χ0) is 13.3. The second-order valence-corrected chi connectivity index (χ2v) is 3.66. The molecule has 1 aromatic carbocycles. The summed E-state index contributed by atoms with van der Waals surface area (Å²) in [5.74, 6) is -0.569. The fraction of sp³-hybridized carbons (Fsp3) is 0.0909. The largest absolute Gasteiger partial charge is 0.328 e. The van der Waals surface area contributed by atoms with Crippen LogP contribution in [0.1, 0.15) is 5.56 Å². The number of urea groups is 1. The first kappa shape index (κ1) is 11.8. The number of imide groups is 1. The van der Waals surface area contributed by atoms with Crippen molar-refractivity contribution in [2.75, 3.05) is 7.05 Å². The molecule has 0 aliphatic carbocycles. The maximum absolute atomic E-state index is 11.5. The molecule has 2 rings (SSSR count). The number of nitro benzene ring substituents is 1. The molecule has 0 spiro atoms. The van der Waals surface area contributed by atoms with Crippen LogP contribution in [0.2, 0.25) is 0 Å². The Labute approximate surface area is 102 Å².